The van der Waals surface area contributed by atoms with E-state index in [9.17, 15) is 0 Å². The van der Waals surface area contributed by atoms with Gasteiger partial charge < -0.3 is 29.3 Å². The summed E-state index contributed by atoms with van der Waals surface area (Å²) in [7, 11) is 6.87. The summed E-state index contributed by atoms with van der Waals surface area (Å²) in [4.78, 5) is 9.15. The second-order valence-electron chi connectivity index (χ2n) is 7.06. The van der Waals surface area contributed by atoms with Crippen molar-refractivity contribution in [3.05, 3.63) is 48.0 Å². The molecule has 0 unspecified atom stereocenters. The highest BCUT2D eigenvalue weighted by molar-refractivity contribution is 14.0. The predicted octanol–water partition coefficient (Wildman–Crippen LogP) is 3.27. The van der Waals surface area contributed by atoms with Crippen LogP contribution in [0.25, 0.3) is 0 Å². The van der Waals surface area contributed by atoms with E-state index in [1.807, 2.05) is 31.3 Å². The number of ether oxygens (including phenoxy) is 3. The first-order valence-corrected chi connectivity index (χ1v) is 10.2. The van der Waals surface area contributed by atoms with E-state index in [0.29, 0.717) is 0 Å². The minimum atomic E-state index is 0. The summed E-state index contributed by atoms with van der Waals surface area (Å²) in [6, 6.07) is 14.2. The summed E-state index contributed by atoms with van der Waals surface area (Å²) in [5.41, 5.74) is 2.34. The number of para-hydroxylation sites is 2. The van der Waals surface area contributed by atoms with E-state index < -0.39 is 0 Å². The van der Waals surface area contributed by atoms with Crippen LogP contribution < -0.4 is 24.4 Å². The van der Waals surface area contributed by atoms with E-state index in [4.69, 9.17) is 14.2 Å². The Labute approximate surface area is 202 Å². The Kier molecular flexibility index (Phi) is 10.0. The molecular formula is C23H33IN4O3. The number of hydrogen-bond donors (Lipinski definition) is 1. The predicted molar refractivity (Wildman–Crippen MR) is 137 cm³/mol. The summed E-state index contributed by atoms with van der Waals surface area (Å²) in [5.74, 6) is 3.36. The number of benzene rings is 2. The number of methoxy groups -OCH3 is 3. The highest BCUT2D eigenvalue weighted by Crippen LogP contribution is 2.29. The molecule has 1 aliphatic rings. The maximum atomic E-state index is 5.51. The van der Waals surface area contributed by atoms with Gasteiger partial charge in [0.1, 0.15) is 5.75 Å². The van der Waals surface area contributed by atoms with Gasteiger partial charge in [-0.25, -0.2) is 0 Å². The van der Waals surface area contributed by atoms with Crippen molar-refractivity contribution in [3.63, 3.8) is 0 Å². The number of aliphatic imine (C=N–C) groups is 1. The maximum Gasteiger partial charge on any atom is 0.193 e. The van der Waals surface area contributed by atoms with Crippen molar-refractivity contribution in [3.8, 4) is 17.2 Å². The van der Waals surface area contributed by atoms with Crippen molar-refractivity contribution >= 4 is 35.6 Å². The van der Waals surface area contributed by atoms with E-state index in [0.717, 1.165) is 68.0 Å². The first kappa shape index (κ1) is 24.9. The molecule has 1 saturated heterocycles. The average molecular weight is 540 g/mol. The quantitative estimate of drug-likeness (QED) is 0.331. The smallest absolute Gasteiger partial charge is 0.193 e. The van der Waals surface area contributed by atoms with Crippen molar-refractivity contribution in [1.29, 1.82) is 0 Å². The van der Waals surface area contributed by atoms with E-state index in [1.165, 1.54) is 5.56 Å². The normalized spacial score (nSPS) is 14.0. The van der Waals surface area contributed by atoms with Gasteiger partial charge in [-0.3, -0.25) is 4.99 Å². The molecule has 8 heteroatoms. The summed E-state index contributed by atoms with van der Waals surface area (Å²) >= 11 is 0. The molecule has 0 saturated carbocycles. The Morgan fingerprint density at radius 1 is 0.903 bits per heavy atom. The zero-order chi connectivity index (χ0) is 21.3. The van der Waals surface area contributed by atoms with Crippen LogP contribution in [-0.4, -0.2) is 72.0 Å². The number of halogens is 1. The molecule has 0 amide bonds. The first-order valence-electron chi connectivity index (χ1n) is 10.2. The molecule has 3 rings (SSSR count). The van der Waals surface area contributed by atoms with Gasteiger partial charge >= 0.3 is 0 Å². The molecule has 0 aliphatic carbocycles. The molecule has 1 heterocycles. The molecule has 0 bridgehead atoms. The number of anilines is 1. The minimum absolute atomic E-state index is 0. The lowest BCUT2D eigenvalue weighted by atomic mass is 10.1. The third-order valence-corrected chi connectivity index (χ3v) is 5.36. The minimum Gasteiger partial charge on any atom is -0.495 e. The van der Waals surface area contributed by atoms with E-state index in [2.05, 4.69) is 38.3 Å². The van der Waals surface area contributed by atoms with Crippen molar-refractivity contribution < 1.29 is 14.2 Å². The first-order chi connectivity index (χ1) is 14.7. The number of piperazine rings is 1. The summed E-state index contributed by atoms with van der Waals surface area (Å²) < 4.78 is 16.2. The molecule has 1 fully saturated rings. The summed E-state index contributed by atoms with van der Waals surface area (Å²) in [6.07, 6.45) is 0.876. The van der Waals surface area contributed by atoms with Crippen molar-refractivity contribution in [1.82, 2.24) is 10.2 Å². The fourth-order valence-electron chi connectivity index (χ4n) is 3.74. The van der Waals surface area contributed by atoms with Gasteiger partial charge in [-0.1, -0.05) is 18.2 Å². The molecule has 2 aromatic rings. The molecule has 2 aromatic carbocycles. The van der Waals surface area contributed by atoms with Crippen LogP contribution in [0, 0.1) is 0 Å². The van der Waals surface area contributed by atoms with Gasteiger partial charge in [-0.2, -0.15) is 0 Å². The lowest BCUT2D eigenvalue weighted by Gasteiger charge is -2.38. The fraction of sp³-hybridized carbons (Fsp3) is 0.435. The van der Waals surface area contributed by atoms with Crippen LogP contribution in [0.2, 0.25) is 0 Å². The molecule has 170 valence electrons. The SMILES string of the molecule is CN=C(NCCc1ccc(OC)c(OC)c1)N1CCN(c2ccccc2OC)CC1.I. The third-order valence-electron chi connectivity index (χ3n) is 5.36. The monoisotopic (exact) mass is 540 g/mol. The molecular weight excluding hydrogens is 507 g/mol. The van der Waals surface area contributed by atoms with Crippen LogP contribution in [0.4, 0.5) is 5.69 Å². The van der Waals surface area contributed by atoms with E-state index in [-0.39, 0.29) is 24.0 Å². The zero-order valence-electron chi connectivity index (χ0n) is 18.8. The van der Waals surface area contributed by atoms with E-state index in [1.54, 1.807) is 21.3 Å². The van der Waals surface area contributed by atoms with Gasteiger partial charge in [0.05, 0.1) is 27.0 Å². The number of hydrogen-bond acceptors (Lipinski definition) is 5. The number of guanidine groups is 1. The number of nitrogens with zero attached hydrogens (tertiary/aromatic N) is 3. The van der Waals surface area contributed by atoms with E-state index >= 15 is 0 Å². The lowest BCUT2D eigenvalue weighted by Crippen LogP contribution is -2.52. The van der Waals surface area contributed by atoms with Crippen LogP contribution in [0.5, 0.6) is 17.2 Å². The molecule has 0 atom stereocenters. The lowest BCUT2D eigenvalue weighted by molar-refractivity contribution is 0.354. The Hall–Kier alpha value is -2.36. The maximum absolute atomic E-state index is 5.51. The van der Waals surface area contributed by atoms with Crippen LogP contribution >= 0.6 is 24.0 Å². The Balaban J connectivity index is 0.00000341. The van der Waals surface area contributed by atoms with Crippen LogP contribution in [-0.2, 0) is 6.42 Å². The highest BCUT2D eigenvalue weighted by Gasteiger charge is 2.21. The number of nitrogens with one attached hydrogen (secondary N) is 1. The average Bonchev–Trinajstić information content (AvgIpc) is 2.81. The molecule has 0 aromatic heterocycles. The van der Waals surface area contributed by atoms with Gasteiger partial charge in [0.25, 0.3) is 0 Å². The molecule has 1 aliphatic heterocycles. The van der Waals surface area contributed by atoms with Gasteiger partial charge in [0.2, 0.25) is 0 Å². The second kappa shape index (κ2) is 12.5. The Morgan fingerprint density at radius 3 is 2.23 bits per heavy atom. The topological polar surface area (TPSA) is 58.6 Å². The third kappa shape index (κ3) is 6.32. The fourth-order valence-corrected chi connectivity index (χ4v) is 3.74. The Morgan fingerprint density at radius 2 is 1.58 bits per heavy atom. The summed E-state index contributed by atoms with van der Waals surface area (Å²) in [6.45, 7) is 4.48. The zero-order valence-corrected chi connectivity index (χ0v) is 21.1. The van der Waals surface area contributed by atoms with Crippen molar-refractivity contribution in [2.45, 2.75) is 6.42 Å². The van der Waals surface area contributed by atoms with Gasteiger partial charge in [0.15, 0.2) is 17.5 Å². The number of rotatable bonds is 7. The second-order valence-corrected chi connectivity index (χ2v) is 7.06. The van der Waals surface area contributed by atoms with Crippen molar-refractivity contribution in [2.24, 2.45) is 4.99 Å². The van der Waals surface area contributed by atoms with Crippen LogP contribution in [0.15, 0.2) is 47.5 Å². The molecule has 7 nitrogen and oxygen atoms in total. The highest BCUT2D eigenvalue weighted by atomic mass is 127. The standard InChI is InChI=1S/C23H32N4O3.HI/c1-24-23(25-12-11-18-9-10-21(29-3)22(17-18)30-4)27-15-13-26(14-16-27)19-7-5-6-8-20(19)28-2;/h5-10,17H,11-16H2,1-4H3,(H,24,25);1H. The van der Waals surface area contributed by atoms with Crippen molar-refractivity contribution in [2.75, 3.05) is 66.0 Å². The van der Waals surface area contributed by atoms with Crippen LogP contribution in [0.1, 0.15) is 5.56 Å². The Bertz CT molecular complexity index is 854. The molecule has 1 N–H and O–H groups in total. The van der Waals surface area contributed by atoms with Gasteiger partial charge in [0, 0.05) is 39.8 Å². The largest absolute Gasteiger partial charge is 0.495 e. The molecule has 0 spiro atoms. The van der Waals surface area contributed by atoms with Gasteiger partial charge in [-0.15, -0.1) is 24.0 Å². The molecule has 0 radical (unpaired) electrons. The van der Waals surface area contributed by atoms with Crippen LogP contribution in [0.3, 0.4) is 0 Å². The summed E-state index contributed by atoms with van der Waals surface area (Å²) in [5, 5.41) is 3.49. The van der Waals surface area contributed by atoms with Gasteiger partial charge in [-0.05, 0) is 36.2 Å². The molecule has 31 heavy (non-hydrogen) atoms.